The molecule has 2 nitrogen and oxygen atoms in total. The summed E-state index contributed by atoms with van der Waals surface area (Å²) in [6, 6.07) is 0. The van der Waals surface area contributed by atoms with Gasteiger partial charge in [0.25, 0.3) is 0 Å². The van der Waals surface area contributed by atoms with Gasteiger partial charge in [0.2, 0.25) is 0 Å². The first-order valence-corrected chi connectivity index (χ1v) is 15.3. The van der Waals surface area contributed by atoms with Gasteiger partial charge < -0.3 is 10.6 Å². The highest BCUT2D eigenvalue weighted by Gasteiger charge is 1.96. The molecule has 0 aliphatic rings. The molecule has 0 aliphatic heterocycles. The van der Waals surface area contributed by atoms with Gasteiger partial charge in [0.1, 0.15) is 0 Å². The number of hydrogen-bond donors (Lipinski definition) is 2. The number of unbranched alkanes of at least 4 members (excludes halogenated alkanes) is 21. The molecule has 0 aliphatic carbocycles. The molecule has 0 atom stereocenters. The van der Waals surface area contributed by atoms with Crippen molar-refractivity contribution in [1.82, 2.24) is 10.6 Å². The monoisotopic (exact) mass is 453 g/mol. The molecule has 32 heavy (non-hydrogen) atoms. The summed E-state index contributed by atoms with van der Waals surface area (Å²) >= 11 is 0. The minimum absolute atomic E-state index is 1.20. The Morgan fingerprint density at radius 2 is 0.469 bits per heavy atom. The number of nitrogens with one attached hydrogen (secondary N) is 2. The van der Waals surface area contributed by atoms with Crippen LogP contribution in [0.1, 0.15) is 168 Å². The Hall–Kier alpha value is -0.0800. The van der Waals surface area contributed by atoms with Gasteiger partial charge >= 0.3 is 0 Å². The van der Waals surface area contributed by atoms with Gasteiger partial charge in [0, 0.05) is 0 Å². The van der Waals surface area contributed by atoms with Crippen molar-refractivity contribution in [3.63, 3.8) is 0 Å². The smallest absolute Gasteiger partial charge is 0.00484 e. The van der Waals surface area contributed by atoms with Crippen LogP contribution in [0.3, 0.4) is 0 Å². The summed E-state index contributed by atoms with van der Waals surface area (Å²) in [5.74, 6) is 0. The van der Waals surface area contributed by atoms with E-state index >= 15 is 0 Å². The van der Waals surface area contributed by atoms with E-state index in [-0.39, 0.29) is 0 Å². The van der Waals surface area contributed by atoms with Crippen LogP contribution in [0.4, 0.5) is 0 Å². The maximum Gasteiger partial charge on any atom is -0.00484 e. The molecule has 0 aromatic carbocycles. The summed E-state index contributed by atoms with van der Waals surface area (Å²) in [6.45, 7) is 9.38. The van der Waals surface area contributed by atoms with Crippen molar-refractivity contribution >= 4 is 0 Å². The Balaban J connectivity index is 2.98. The van der Waals surface area contributed by atoms with Gasteiger partial charge in [-0.15, -0.1) is 0 Å². The molecule has 0 saturated heterocycles. The van der Waals surface area contributed by atoms with Gasteiger partial charge in [0.05, 0.1) is 0 Å². The van der Waals surface area contributed by atoms with E-state index in [0.29, 0.717) is 0 Å². The van der Waals surface area contributed by atoms with E-state index in [9.17, 15) is 0 Å². The summed E-state index contributed by atoms with van der Waals surface area (Å²) < 4.78 is 0. The second kappa shape index (κ2) is 30.9. The van der Waals surface area contributed by atoms with E-state index < -0.39 is 0 Å². The van der Waals surface area contributed by atoms with Crippen LogP contribution in [0, 0.1) is 0 Å². The van der Waals surface area contributed by atoms with Gasteiger partial charge in [-0.3, -0.25) is 0 Å². The summed E-state index contributed by atoms with van der Waals surface area (Å²) in [5, 5.41) is 7.14. The van der Waals surface area contributed by atoms with E-state index in [1.165, 1.54) is 180 Å². The molecule has 194 valence electrons. The summed E-state index contributed by atoms with van der Waals surface area (Å²) in [5.41, 5.74) is 0. The van der Waals surface area contributed by atoms with Crippen LogP contribution in [0.2, 0.25) is 0 Å². The van der Waals surface area contributed by atoms with E-state index in [1.807, 2.05) is 0 Å². The van der Waals surface area contributed by atoms with Crippen molar-refractivity contribution in [3.8, 4) is 0 Å². The fraction of sp³-hybridized carbons (Fsp3) is 1.00. The van der Waals surface area contributed by atoms with Gasteiger partial charge in [-0.1, -0.05) is 142 Å². The molecule has 2 N–H and O–H groups in total. The van der Waals surface area contributed by atoms with Gasteiger partial charge in [-0.25, -0.2) is 0 Å². The molecule has 0 radical (unpaired) electrons. The van der Waals surface area contributed by atoms with Crippen molar-refractivity contribution < 1.29 is 0 Å². The van der Waals surface area contributed by atoms with Crippen molar-refractivity contribution in [2.75, 3.05) is 26.2 Å². The zero-order valence-corrected chi connectivity index (χ0v) is 22.8. The summed E-state index contributed by atoms with van der Waals surface area (Å²) in [7, 11) is 0. The van der Waals surface area contributed by atoms with E-state index in [2.05, 4.69) is 24.5 Å². The highest BCUT2D eigenvalue weighted by atomic mass is 14.9. The molecular formula is C30H64N2. The standard InChI is InChI=1S/C30H64N2/c1-3-5-7-8-9-10-11-12-13-14-15-16-17-18-19-20-21-22-23-24-28-32-30-26-25-29-31-27-6-4-2/h31-32H,3-30H2,1-2H3. The first-order valence-electron chi connectivity index (χ1n) is 15.3. The third kappa shape index (κ3) is 29.9. The highest BCUT2D eigenvalue weighted by Crippen LogP contribution is 2.14. The highest BCUT2D eigenvalue weighted by molar-refractivity contribution is 4.54. The molecule has 0 heterocycles. The van der Waals surface area contributed by atoms with Gasteiger partial charge in [-0.05, 0) is 51.9 Å². The van der Waals surface area contributed by atoms with E-state index in [4.69, 9.17) is 0 Å². The SMILES string of the molecule is CCCCCCCCCCCCCCCCCCCCCCNCCCCNCCCC. The summed E-state index contributed by atoms with van der Waals surface area (Å²) in [6.07, 6.45) is 34.5. The van der Waals surface area contributed by atoms with Crippen LogP contribution in [0.15, 0.2) is 0 Å². The lowest BCUT2D eigenvalue weighted by Crippen LogP contribution is -2.20. The lowest BCUT2D eigenvalue weighted by molar-refractivity contribution is 0.517. The van der Waals surface area contributed by atoms with E-state index in [1.54, 1.807) is 0 Å². The average molecular weight is 453 g/mol. The van der Waals surface area contributed by atoms with Crippen LogP contribution in [-0.4, -0.2) is 26.2 Å². The van der Waals surface area contributed by atoms with Crippen molar-refractivity contribution in [1.29, 1.82) is 0 Å². The molecule has 0 rings (SSSR count). The normalized spacial score (nSPS) is 11.4. The molecule has 0 bridgehead atoms. The van der Waals surface area contributed by atoms with Crippen LogP contribution in [0.5, 0.6) is 0 Å². The Morgan fingerprint density at radius 3 is 0.781 bits per heavy atom. The van der Waals surface area contributed by atoms with Gasteiger partial charge in [-0.2, -0.15) is 0 Å². The fourth-order valence-corrected chi connectivity index (χ4v) is 4.56. The Bertz CT molecular complexity index is 275. The molecule has 2 heteroatoms. The van der Waals surface area contributed by atoms with Crippen LogP contribution in [-0.2, 0) is 0 Å². The van der Waals surface area contributed by atoms with E-state index in [0.717, 1.165) is 0 Å². The molecule has 0 saturated carbocycles. The second-order valence-electron chi connectivity index (χ2n) is 10.3. The topological polar surface area (TPSA) is 24.1 Å². The second-order valence-corrected chi connectivity index (χ2v) is 10.3. The van der Waals surface area contributed by atoms with Crippen LogP contribution in [0.25, 0.3) is 0 Å². The third-order valence-corrected chi connectivity index (χ3v) is 6.87. The minimum atomic E-state index is 1.20. The predicted octanol–water partition coefficient (Wildman–Crippen LogP) is 9.57. The Labute approximate surface area is 204 Å². The summed E-state index contributed by atoms with van der Waals surface area (Å²) in [4.78, 5) is 0. The maximum atomic E-state index is 3.62. The largest absolute Gasteiger partial charge is 0.317 e. The molecule has 0 aromatic rings. The lowest BCUT2D eigenvalue weighted by atomic mass is 10.0. The molecule has 0 spiro atoms. The fourth-order valence-electron chi connectivity index (χ4n) is 4.56. The van der Waals surface area contributed by atoms with Crippen molar-refractivity contribution in [3.05, 3.63) is 0 Å². The molecule has 0 unspecified atom stereocenters. The van der Waals surface area contributed by atoms with Crippen LogP contribution >= 0.6 is 0 Å². The maximum absolute atomic E-state index is 3.62. The predicted molar refractivity (Wildman–Crippen MR) is 148 cm³/mol. The number of rotatable bonds is 29. The zero-order valence-electron chi connectivity index (χ0n) is 22.8. The minimum Gasteiger partial charge on any atom is -0.317 e. The number of hydrogen-bond acceptors (Lipinski definition) is 2. The van der Waals surface area contributed by atoms with Gasteiger partial charge in [0.15, 0.2) is 0 Å². The first kappa shape index (κ1) is 31.9. The molecule has 0 fully saturated rings. The third-order valence-electron chi connectivity index (χ3n) is 6.87. The average Bonchev–Trinajstić information content (AvgIpc) is 2.81. The quantitative estimate of drug-likeness (QED) is 0.110. The molecular weight excluding hydrogens is 388 g/mol. The van der Waals surface area contributed by atoms with Crippen LogP contribution < -0.4 is 10.6 Å². The Morgan fingerprint density at radius 1 is 0.250 bits per heavy atom. The molecule has 0 aromatic heterocycles. The Kier molecular flexibility index (Phi) is 30.8. The lowest BCUT2D eigenvalue weighted by Gasteiger charge is -2.06. The zero-order chi connectivity index (χ0) is 23.2. The molecule has 0 amide bonds. The van der Waals surface area contributed by atoms with Crippen molar-refractivity contribution in [2.24, 2.45) is 0 Å². The van der Waals surface area contributed by atoms with Crippen molar-refractivity contribution in [2.45, 2.75) is 168 Å². The first-order chi connectivity index (χ1) is 15.9.